The van der Waals surface area contributed by atoms with Gasteiger partial charge in [-0.25, -0.2) is 0 Å². The second-order valence-electron chi connectivity index (χ2n) is 7.81. The van der Waals surface area contributed by atoms with Gasteiger partial charge in [0, 0.05) is 35.6 Å². The number of aromatic nitrogens is 2. The monoisotopic (exact) mass is 470 g/mol. The third-order valence-corrected chi connectivity index (χ3v) is 7.12. The van der Waals surface area contributed by atoms with Crippen LogP contribution in [0.25, 0.3) is 11.1 Å². The van der Waals surface area contributed by atoms with Crippen molar-refractivity contribution >= 4 is 17.2 Å². The number of nitrogens with zero attached hydrogens (tertiary/aromatic N) is 4. The van der Waals surface area contributed by atoms with Crippen LogP contribution >= 0.6 is 11.3 Å². The number of hydrogen-bond acceptors (Lipinski definition) is 4. The highest BCUT2D eigenvalue weighted by atomic mass is 32.1. The maximum Gasteiger partial charge on any atom is 0.435 e. The summed E-state index contributed by atoms with van der Waals surface area (Å²) in [5.41, 5.74) is 1.86. The van der Waals surface area contributed by atoms with Crippen LogP contribution in [0.4, 0.5) is 13.2 Å². The van der Waals surface area contributed by atoms with Gasteiger partial charge in [0.2, 0.25) is 5.91 Å². The molecule has 0 aliphatic carbocycles. The molecule has 0 N–H and O–H groups in total. The Bertz CT molecular complexity index is 1280. The quantitative estimate of drug-likeness (QED) is 0.474. The van der Waals surface area contributed by atoms with Crippen molar-refractivity contribution < 1.29 is 18.0 Å². The molecule has 0 spiro atoms. The van der Waals surface area contributed by atoms with Crippen molar-refractivity contribution in [3.8, 4) is 17.2 Å². The number of carbonyl (C=O) groups excluding carboxylic acids is 1. The van der Waals surface area contributed by atoms with Crippen molar-refractivity contribution in [1.82, 2.24) is 14.7 Å². The van der Waals surface area contributed by atoms with Crippen LogP contribution in [-0.2, 0) is 24.1 Å². The third-order valence-electron chi connectivity index (χ3n) is 5.92. The van der Waals surface area contributed by atoms with Gasteiger partial charge in [-0.15, -0.1) is 11.3 Å². The fourth-order valence-electron chi connectivity index (χ4n) is 4.40. The Morgan fingerprint density at radius 2 is 2.09 bits per heavy atom. The van der Waals surface area contributed by atoms with Gasteiger partial charge in [-0.3, -0.25) is 9.48 Å². The Morgan fingerprint density at radius 3 is 2.73 bits per heavy atom. The molecule has 0 saturated carbocycles. The number of benzene rings is 1. The van der Waals surface area contributed by atoms with Gasteiger partial charge in [0.15, 0.2) is 5.69 Å². The van der Waals surface area contributed by atoms with Crippen molar-refractivity contribution in [3.63, 3.8) is 0 Å². The number of amides is 1. The van der Waals surface area contributed by atoms with E-state index in [-0.39, 0.29) is 18.0 Å². The normalized spacial score (nSPS) is 15.8. The van der Waals surface area contributed by atoms with E-state index in [1.807, 2.05) is 6.92 Å². The van der Waals surface area contributed by atoms with E-state index in [1.54, 1.807) is 36.1 Å². The topological polar surface area (TPSA) is 61.9 Å². The SMILES string of the molecule is C=CC(=O)N1Cc2sc(C#N)c(C)c2C(c2ccccc2-c2cn(CC)nc2C(F)(F)F)C1. The molecule has 3 heterocycles. The van der Waals surface area contributed by atoms with Crippen LogP contribution in [0.15, 0.2) is 43.1 Å². The predicted molar refractivity (Wildman–Crippen MR) is 120 cm³/mol. The van der Waals surface area contributed by atoms with Gasteiger partial charge < -0.3 is 4.90 Å². The van der Waals surface area contributed by atoms with Gasteiger partial charge in [0.05, 0.1) is 6.54 Å². The number of hydrogen-bond donors (Lipinski definition) is 0. The van der Waals surface area contributed by atoms with Crippen LogP contribution in [0.2, 0.25) is 0 Å². The summed E-state index contributed by atoms with van der Waals surface area (Å²) in [6.45, 7) is 8.07. The van der Waals surface area contributed by atoms with Crippen LogP contribution in [-0.4, -0.2) is 27.1 Å². The lowest BCUT2D eigenvalue weighted by molar-refractivity contribution is -0.141. The summed E-state index contributed by atoms with van der Waals surface area (Å²) in [5, 5.41) is 13.3. The molecule has 1 atom stereocenters. The summed E-state index contributed by atoms with van der Waals surface area (Å²) in [6.07, 6.45) is -1.97. The highest BCUT2D eigenvalue weighted by Gasteiger charge is 2.39. The van der Waals surface area contributed by atoms with E-state index < -0.39 is 17.8 Å². The number of aryl methyl sites for hydroxylation is 1. The molecule has 1 aromatic carbocycles. The number of nitriles is 1. The lowest BCUT2D eigenvalue weighted by atomic mass is 9.82. The predicted octanol–water partition coefficient (Wildman–Crippen LogP) is 5.49. The molecule has 0 radical (unpaired) electrons. The van der Waals surface area contributed by atoms with Crippen molar-refractivity contribution in [2.45, 2.75) is 39.0 Å². The van der Waals surface area contributed by atoms with Gasteiger partial charge in [-0.05, 0) is 42.2 Å². The lowest BCUT2D eigenvalue weighted by Crippen LogP contribution is -2.37. The van der Waals surface area contributed by atoms with E-state index >= 15 is 0 Å². The van der Waals surface area contributed by atoms with E-state index in [4.69, 9.17) is 0 Å². The standard InChI is InChI=1S/C24H21F3N4OS/c1-4-21(32)30-11-17(22-14(3)19(10-28)33-20(22)13-30)15-8-6-7-9-16(15)18-12-31(5-2)29-23(18)24(25,26)27/h4,6-9,12,17H,1,5,11,13H2,2-3H3. The molecule has 1 aliphatic rings. The Balaban J connectivity index is 1.94. The summed E-state index contributed by atoms with van der Waals surface area (Å²) >= 11 is 1.32. The van der Waals surface area contributed by atoms with E-state index in [0.717, 1.165) is 16.0 Å². The molecular formula is C24H21F3N4OS. The van der Waals surface area contributed by atoms with Gasteiger partial charge in [-0.1, -0.05) is 30.8 Å². The average molecular weight is 471 g/mol. The van der Waals surface area contributed by atoms with E-state index in [1.165, 1.54) is 28.3 Å². The minimum Gasteiger partial charge on any atom is -0.333 e. The Kier molecular flexibility index (Phi) is 5.89. The highest BCUT2D eigenvalue weighted by Crippen LogP contribution is 2.45. The fraction of sp³-hybridized carbons (Fsp3) is 0.292. The minimum absolute atomic E-state index is 0.00191. The Labute approximate surface area is 193 Å². The maximum atomic E-state index is 13.8. The number of rotatable bonds is 4. The number of thiophene rings is 1. The lowest BCUT2D eigenvalue weighted by Gasteiger charge is -2.34. The summed E-state index contributed by atoms with van der Waals surface area (Å²) in [4.78, 5) is 15.5. The first kappa shape index (κ1) is 22.8. The van der Waals surface area contributed by atoms with Crippen LogP contribution < -0.4 is 0 Å². The van der Waals surface area contributed by atoms with Crippen molar-refractivity contribution in [1.29, 1.82) is 5.26 Å². The molecule has 0 fully saturated rings. The maximum absolute atomic E-state index is 13.8. The first-order valence-electron chi connectivity index (χ1n) is 10.4. The van der Waals surface area contributed by atoms with Gasteiger partial charge in [-0.2, -0.15) is 23.5 Å². The number of fused-ring (bicyclic) bond motifs is 1. The molecule has 0 bridgehead atoms. The average Bonchev–Trinajstić information content (AvgIpc) is 3.39. The molecule has 1 aliphatic heterocycles. The zero-order chi connectivity index (χ0) is 23.9. The van der Waals surface area contributed by atoms with Crippen LogP contribution in [0.5, 0.6) is 0 Å². The van der Waals surface area contributed by atoms with E-state index in [9.17, 15) is 23.2 Å². The number of halogens is 3. The molecule has 3 aromatic rings. The molecule has 0 saturated heterocycles. The van der Waals surface area contributed by atoms with Crippen molar-refractivity contribution in [2.75, 3.05) is 6.54 Å². The molecule has 1 unspecified atom stereocenters. The van der Waals surface area contributed by atoms with E-state index in [0.29, 0.717) is 29.1 Å². The first-order chi connectivity index (χ1) is 15.7. The Hall–Kier alpha value is -3.38. The smallest absolute Gasteiger partial charge is 0.333 e. The number of carbonyl (C=O) groups is 1. The molecule has 170 valence electrons. The fourth-order valence-corrected chi connectivity index (χ4v) is 5.58. The van der Waals surface area contributed by atoms with Gasteiger partial charge >= 0.3 is 6.18 Å². The first-order valence-corrected chi connectivity index (χ1v) is 11.2. The largest absolute Gasteiger partial charge is 0.435 e. The zero-order valence-corrected chi connectivity index (χ0v) is 18.9. The highest BCUT2D eigenvalue weighted by molar-refractivity contribution is 7.12. The molecule has 1 amide bonds. The summed E-state index contributed by atoms with van der Waals surface area (Å²) in [6, 6.07) is 9.12. The molecule has 2 aromatic heterocycles. The Morgan fingerprint density at radius 1 is 1.36 bits per heavy atom. The molecule has 33 heavy (non-hydrogen) atoms. The summed E-state index contributed by atoms with van der Waals surface area (Å²) in [5.74, 6) is -0.652. The zero-order valence-electron chi connectivity index (χ0n) is 18.1. The second-order valence-corrected chi connectivity index (χ2v) is 8.92. The molecule has 9 heteroatoms. The van der Waals surface area contributed by atoms with Gasteiger partial charge in [0.1, 0.15) is 10.9 Å². The summed E-state index contributed by atoms with van der Waals surface area (Å²) < 4.78 is 42.8. The molecule has 4 rings (SSSR count). The van der Waals surface area contributed by atoms with Crippen molar-refractivity contribution in [3.05, 3.63) is 75.3 Å². The van der Waals surface area contributed by atoms with Crippen molar-refractivity contribution in [2.24, 2.45) is 0 Å². The second kappa shape index (κ2) is 8.52. The van der Waals surface area contributed by atoms with Crippen LogP contribution in [0, 0.1) is 18.3 Å². The summed E-state index contributed by atoms with van der Waals surface area (Å²) in [7, 11) is 0. The third kappa shape index (κ3) is 3.95. The minimum atomic E-state index is -4.61. The van der Waals surface area contributed by atoms with Crippen LogP contribution in [0.3, 0.4) is 0 Å². The van der Waals surface area contributed by atoms with E-state index in [2.05, 4.69) is 17.7 Å². The van der Waals surface area contributed by atoms with Crippen LogP contribution in [0.1, 0.15) is 45.0 Å². The molecule has 5 nitrogen and oxygen atoms in total. The van der Waals surface area contributed by atoms with Gasteiger partial charge in [0.25, 0.3) is 0 Å². The number of alkyl halides is 3. The molecular weight excluding hydrogens is 449 g/mol.